The number of hydrogen-bond acceptors (Lipinski definition) is 8. The predicted octanol–water partition coefficient (Wildman–Crippen LogP) is 3.55. The van der Waals surface area contributed by atoms with Crippen LogP contribution >= 0.6 is 0 Å². The van der Waals surface area contributed by atoms with Gasteiger partial charge in [0, 0.05) is 30.1 Å². The van der Waals surface area contributed by atoms with E-state index in [1.807, 2.05) is 24.3 Å². The Morgan fingerprint density at radius 1 is 1.05 bits per heavy atom. The lowest BCUT2D eigenvalue weighted by atomic mass is 9.59. The Kier molecular flexibility index (Phi) is 6.10. The Hall–Kier alpha value is -4.11. The number of carbonyl (C=O) groups is 3. The van der Waals surface area contributed by atoms with Crippen molar-refractivity contribution in [3.63, 3.8) is 0 Å². The summed E-state index contributed by atoms with van der Waals surface area (Å²) in [6.07, 6.45) is -0.00623. The second kappa shape index (κ2) is 8.98. The molecule has 9 nitrogen and oxygen atoms in total. The number of nitrogens with two attached hydrogens (primary N) is 1. The molecule has 0 heterocycles. The molecule has 7 N–H and O–H groups in total. The van der Waals surface area contributed by atoms with E-state index in [2.05, 4.69) is 26.1 Å². The molecule has 0 radical (unpaired) electrons. The maximum absolute atomic E-state index is 13.6. The van der Waals surface area contributed by atoms with Crippen molar-refractivity contribution in [1.29, 1.82) is 0 Å². The van der Waals surface area contributed by atoms with E-state index in [1.54, 1.807) is 6.07 Å². The van der Waals surface area contributed by atoms with Gasteiger partial charge in [0.2, 0.25) is 5.78 Å². The number of hydrogen-bond donors (Lipinski definition) is 6. The van der Waals surface area contributed by atoms with Crippen molar-refractivity contribution in [2.45, 2.75) is 45.6 Å². The van der Waals surface area contributed by atoms with E-state index in [9.17, 15) is 34.8 Å². The number of nitrogens with one attached hydrogen (secondary N) is 1. The Morgan fingerprint density at radius 2 is 1.72 bits per heavy atom. The zero-order valence-corrected chi connectivity index (χ0v) is 22.0. The first-order chi connectivity index (χ1) is 18.2. The number of phenolic OH excluding ortho intramolecular Hbond substituents is 1. The number of aromatic hydroxyl groups is 1. The highest BCUT2D eigenvalue weighted by Gasteiger charge is 2.60. The smallest absolute Gasteiger partial charge is 0.255 e. The fourth-order valence-electron chi connectivity index (χ4n) is 6.03. The number of aliphatic hydroxyl groups is 3. The molecule has 1 fully saturated rings. The van der Waals surface area contributed by atoms with E-state index in [1.165, 1.54) is 6.07 Å². The summed E-state index contributed by atoms with van der Waals surface area (Å²) in [7, 11) is 0. The molecule has 0 saturated heterocycles. The van der Waals surface area contributed by atoms with Gasteiger partial charge < -0.3 is 31.5 Å². The number of carbonyl (C=O) groups excluding carboxylic acids is 3. The minimum absolute atomic E-state index is 0.0783. The third kappa shape index (κ3) is 4.17. The van der Waals surface area contributed by atoms with Gasteiger partial charge in [0.25, 0.3) is 5.91 Å². The van der Waals surface area contributed by atoms with Crippen LogP contribution in [-0.4, -0.2) is 50.0 Å². The first kappa shape index (κ1) is 26.5. The van der Waals surface area contributed by atoms with Gasteiger partial charge in [0.1, 0.15) is 22.8 Å². The maximum atomic E-state index is 13.6. The molecule has 204 valence electrons. The molecule has 0 aliphatic heterocycles. The number of ketones is 2. The third-order valence-corrected chi connectivity index (χ3v) is 7.97. The van der Waals surface area contributed by atoms with Crippen molar-refractivity contribution in [2.75, 3.05) is 11.9 Å². The summed E-state index contributed by atoms with van der Waals surface area (Å²) in [5, 5.41) is 47.5. The molecule has 39 heavy (non-hydrogen) atoms. The Morgan fingerprint density at radius 3 is 2.33 bits per heavy atom. The summed E-state index contributed by atoms with van der Waals surface area (Å²) in [5.74, 6) is -6.39. The monoisotopic (exact) mass is 532 g/mol. The van der Waals surface area contributed by atoms with E-state index in [0.717, 1.165) is 23.4 Å². The van der Waals surface area contributed by atoms with Gasteiger partial charge in [-0.15, -0.1) is 0 Å². The molecule has 0 unspecified atom stereocenters. The molecule has 3 atom stereocenters. The molecular weight excluding hydrogens is 500 g/mol. The van der Waals surface area contributed by atoms with Gasteiger partial charge in [-0.2, -0.15) is 0 Å². The third-order valence-electron chi connectivity index (χ3n) is 7.97. The molecule has 0 spiro atoms. The van der Waals surface area contributed by atoms with Gasteiger partial charge in [-0.05, 0) is 59.1 Å². The lowest BCUT2D eigenvalue weighted by Gasteiger charge is -2.46. The van der Waals surface area contributed by atoms with E-state index in [0.29, 0.717) is 5.56 Å². The van der Waals surface area contributed by atoms with Crippen molar-refractivity contribution < 1.29 is 34.8 Å². The van der Waals surface area contributed by atoms with Crippen molar-refractivity contribution in [3.8, 4) is 16.9 Å². The highest BCUT2D eigenvalue weighted by atomic mass is 16.3. The fourth-order valence-corrected chi connectivity index (χ4v) is 6.03. The first-order valence-electron chi connectivity index (χ1n) is 12.9. The number of Topliss-reactive ketones (excluding diaryl/α,β-unsaturated/α-hetero) is 2. The van der Waals surface area contributed by atoms with Crippen molar-refractivity contribution in [2.24, 2.45) is 23.0 Å². The molecule has 0 bridgehead atoms. The van der Waals surface area contributed by atoms with Gasteiger partial charge in [0.05, 0.1) is 5.56 Å². The highest BCUT2D eigenvalue weighted by molar-refractivity contribution is 6.22. The van der Waals surface area contributed by atoms with Crippen molar-refractivity contribution in [3.05, 3.63) is 64.4 Å². The predicted molar refractivity (Wildman–Crippen MR) is 145 cm³/mol. The molecule has 9 heteroatoms. The van der Waals surface area contributed by atoms with E-state index < -0.39 is 52.0 Å². The van der Waals surface area contributed by atoms with Crippen LogP contribution in [0.3, 0.4) is 0 Å². The summed E-state index contributed by atoms with van der Waals surface area (Å²) in [4.78, 5) is 38.0. The van der Waals surface area contributed by atoms with Crippen LogP contribution in [0.15, 0.2) is 53.3 Å². The molecule has 5 rings (SSSR count). The van der Waals surface area contributed by atoms with Crippen molar-refractivity contribution >= 4 is 28.9 Å². The number of primary amides is 1. The summed E-state index contributed by atoms with van der Waals surface area (Å²) in [6.45, 7) is 7.21. The van der Waals surface area contributed by atoms with Crippen LogP contribution in [0, 0.1) is 17.3 Å². The van der Waals surface area contributed by atoms with Gasteiger partial charge in [-0.3, -0.25) is 14.4 Å². The average Bonchev–Trinajstić information content (AvgIpc) is 2.85. The molecule has 0 aromatic heterocycles. The number of amides is 1. The van der Waals surface area contributed by atoms with Crippen molar-refractivity contribution in [1.82, 2.24) is 0 Å². The molecular formula is C30H32N2O7. The summed E-state index contributed by atoms with van der Waals surface area (Å²) in [6, 6.07) is 11.0. The van der Waals surface area contributed by atoms with Crippen LogP contribution in [0.1, 0.15) is 44.7 Å². The van der Waals surface area contributed by atoms with Crippen LogP contribution < -0.4 is 11.1 Å². The number of anilines is 1. The second-order valence-electron chi connectivity index (χ2n) is 11.9. The number of phenols is 1. The number of aliphatic hydroxyl groups excluding tert-OH is 2. The number of benzene rings is 2. The van der Waals surface area contributed by atoms with Gasteiger partial charge >= 0.3 is 0 Å². The molecule has 2 aromatic carbocycles. The van der Waals surface area contributed by atoms with Crippen LogP contribution in [0.5, 0.6) is 5.75 Å². The van der Waals surface area contributed by atoms with Crippen LogP contribution in [0.4, 0.5) is 5.69 Å². The van der Waals surface area contributed by atoms with E-state index >= 15 is 0 Å². The van der Waals surface area contributed by atoms with E-state index in [-0.39, 0.29) is 41.6 Å². The molecule has 3 aliphatic carbocycles. The lowest BCUT2D eigenvalue weighted by Crippen LogP contribution is -2.58. The highest BCUT2D eigenvalue weighted by Crippen LogP contribution is 2.53. The zero-order valence-electron chi connectivity index (χ0n) is 22.0. The average molecular weight is 533 g/mol. The van der Waals surface area contributed by atoms with Gasteiger partial charge in [-0.25, -0.2) is 0 Å². The largest absolute Gasteiger partial charge is 0.508 e. The molecule has 1 amide bonds. The standard InChI is InChI=1S/C30H32N2O7/c1-29(2,3)13-32-17-6-4-14(5-7-17)18-8-9-20(33)23-19(18)11-15-10-16-12-21(34)24(28(31)38)27(37)30(16,39)26(36)22(15)25(23)35/h4-9,15-16,32-33,35,37,39H,10-13H2,1-3H3,(H2,31,38)/t15-,16+,30+/m1/s1. The Labute approximate surface area is 225 Å². The van der Waals surface area contributed by atoms with Gasteiger partial charge in [0.15, 0.2) is 11.4 Å². The topological polar surface area (TPSA) is 170 Å². The number of rotatable bonds is 4. The lowest BCUT2D eigenvalue weighted by molar-refractivity contribution is -0.147. The zero-order chi connectivity index (χ0) is 28.4. The van der Waals surface area contributed by atoms with E-state index in [4.69, 9.17) is 5.73 Å². The number of fused-ring (bicyclic) bond motifs is 3. The van der Waals surface area contributed by atoms with Crippen LogP contribution in [0.25, 0.3) is 16.9 Å². The maximum Gasteiger partial charge on any atom is 0.255 e. The summed E-state index contributed by atoms with van der Waals surface area (Å²) < 4.78 is 0. The Balaban J connectivity index is 1.58. The second-order valence-corrected chi connectivity index (χ2v) is 11.9. The Bertz CT molecular complexity index is 1480. The minimum Gasteiger partial charge on any atom is -0.508 e. The minimum atomic E-state index is -2.57. The normalized spacial score (nSPS) is 24.7. The molecule has 3 aliphatic rings. The molecule has 2 aromatic rings. The first-order valence-corrected chi connectivity index (χ1v) is 12.9. The quantitative estimate of drug-likeness (QED) is 0.325. The summed E-state index contributed by atoms with van der Waals surface area (Å²) >= 11 is 0. The van der Waals surface area contributed by atoms with Crippen LogP contribution in [0.2, 0.25) is 0 Å². The molecule has 1 saturated carbocycles. The van der Waals surface area contributed by atoms with Crippen LogP contribution in [-0.2, 0) is 20.8 Å². The van der Waals surface area contributed by atoms with Gasteiger partial charge in [-0.1, -0.05) is 39.0 Å². The SMILES string of the molecule is CC(C)(C)CNc1ccc(-c2ccc(O)c3c2C[C@H]2C[C@H]4CC(=O)C(C(N)=O)=C(O)[C@@]4(O)C(=O)C2=C3O)cc1. The summed E-state index contributed by atoms with van der Waals surface area (Å²) in [5.41, 5.74) is 5.10. The fraction of sp³-hybridized carbons (Fsp3) is 0.367.